The average Bonchev–Trinajstić information content (AvgIpc) is 2.79. The van der Waals surface area contributed by atoms with Gasteiger partial charge in [-0.2, -0.15) is 0 Å². The molecule has 16 heavy (non-hydrogen) atoms. The highest BCUT2D eigenvalue weighted by atomic mass is 79.9. The van der Waals surface area contributed by atoms with E-state index in [9.17, 15) is 4.79 Å². The van der Waals surface area contributed by atoms with Crippen molar-refractivity contribution >= 4 is 33.2 Å². The van der Waals surface area contributed by atoms with Gasteiger partial charge in [0.2, 0.25) is 5.91 Å². The molecule has 1 fully saturated rings. The van der Waals surface area contributed by atoms with Crippen molar-refractivity contribution in [1.29, 1.82) is 0 Å². The van der Waals surface area contributed by atoms with Crippen LogP contribution >= 0.6 is 27.3 Å². The van der Waals surface area contributed by atoms with Gasteiger partial charge in [0, 0.05) is 11.4 Å². The molecule has 1 aromatic heterocycles. The molecule has 2 rings (SSSR count). The lowest BCUT2D eigenvalue weighted by atomic mass is 10.0. The van der Waals surface area contributed by atoms with Crippen molar-refractivity contribution in [2.75, 3.05) is 6.54 Å². The SMILES string of the molecule is CCC(c1cccs1)N1CCCC(Br)C1=O. The summed E-state index contributed by atoms with van der Waals surface area (Å²) in [5.74, 6) is 0.256. The summed E-state index contributed by atoms with van der Waals surface area (Å²) < 4.78 is 0. The second kappa shape index (κ2) is 5.32. The highest BCUT2D eigenvalue weighted by molar-refractivity contribution is 9.10. The van der Waals surface area contributed by atoms with Crippen molar-refractivity contribution in [3.63, 3.8) is 0 Å². The lowest BCUT2D eigenvalue weighted by Crippen LogP contribution is -2.43. The average molecular weight is 302 g/mol. The topological polar surface area (TPSA) is 20.3 Å². The molecule has 0 N–H and O–H groups in total. The van der Waals surface area contributed by atoms with Crippen LogP contribution < -0.4 is 0 Å². The number of likely N-dealkylation sites (tertiary alicyclic amines) is 1. The first kappa shape index (κ1) is 12.1. The third-order valence-corrected chi connectivity index (χ3v) is 4.87. The number of hydrogen-bond acceptors (Lipinski definition) is 2. The van der Waals surface area contributed by atoms with Crippen molar-refractivity contribution < 1.29 is 4.79 Å². The van der Waals surface area contributed by atoms with Gasteiger partial charge in [-0.1, -0.05) is 28.9 Å². The Labute approximate surface area is 109 Å². The molecule has 0 bridgehead atoms. The molecule has 0 radical (unpaired) electrons. The van der Waals surface area contributed by atoms with Gasteiger partial charge < -0.3 is 4.90 Å². The molecule has 0 spiro atoms. The summed E-state index contributed by atoms with van der Waals surface area (Å²) in [5.41, 5.74) is 0. The van der Waals surface area contributed by atoms with Gasteiger partial charge in [0.05, 0.1) is 10.9 Å². The van der Waals surface area contributed by atoms with E-state index < -0.39 is 0 Å². The van der Waals surface area contributed by atoms with Crippen LogP contribution in [-0.4, -0.2) is 22.2 Å². The third-order valence-electron chi connectivity index (χ3n) is 3.04. The van der Waals surface area contributed by atoms with Gasteiger partial charge >= 0.3 is 0 Å². The van der Waals surface area contributed by atoms with E-state index in [1.54, 1.807) is 11.3 Å². The highest BCUT2D eigenvalue weighted by Crippen LogP contribution is 2.32. The van der Waals surface area contributed by atoms with Crippen LogP contribution in [0.3, 0.4) is 0 Å². The largest absolute Gasteiger partial charge is 0.334 e. The first-order chi connectivity index (χ1) is 7.74. The summed E-state index contributed by atoms with van der Waals surface area (Å²) in [7, 11) is 0. The fraction of sp³-hybridized carbons (Fsp3) is 0.583. The number of piperidine rings is 1. The van der Waals surface area contributed by atoms with E-state index in [1.165, 1.54) is 4.88 Å². The zero-order valence-electron chi connectivity index (χ0n) is 9.36. The summed E-state index contributed by atoms with van der Waals surface area (Å²) in [6, 6.07) is 4.46. The van der Waals surface area contributed by atoms with Gasteiger partial charge in [0.1, 0.15) is 0 Å². The van der Waals surface area contributed by atoms with E-state index in [-0.39, 0.29) is 16.8 Å². The Balaban J connectivity index is 2.18. The van der Waals surface area contributed by atoms with E-state index in [4.69, 9.17) is 0 Å². The number of halogens is 1. The standard InChI is InChI=1S/C12H16BrNOS/c1-2-10(11-6-4-8-16-11)14-7-3-5-9(13)12(14)15/h4,6,8-10H,2-3,5,7H2,1H3. The molecule has 1 aliphatic heterocycles. The number of nitrogens with zero attached hydrogens (tertiary/aromatic N) is 1. The smallest absolute Gasteiger partial charge is 0.236 e. The Hall–Kier alpha value is -0.350. The first-order valence-corrected chi connectivity index (χ1v) is 7.51. The van der Waals surface area contributed by atoms with Crippen molar-refractivity contribution in [3.8, 4) is 0 Å². The van der Waals surface area contributed by atoms with Crippen LogP contribution in [0.1, 0.15) is 37.1 Å². The van der Waals surface area contributed by atoms with Crippen molar-refractivity contribution in [2.45, 2.75) is 37.1 Å². The molecular weight excluding hydrogens is 286 g/mol. The van der Waals surface area contributed by atoms with Crippen molar-refractivity contribution in [1.82, 2.24) is 4.90 Å². The van der Waals surface area contributed by atoms with E-state index in [1.807, 2.05) is 4.90 Å². The fourth-order valence-electron chi connectivity index (χ4n) is 2.22. The molecule has 2 nitrogen and oxygen atoms in total. The molecule has 1 amide bonds. The number of amides is 1. The van der Waals surface area contributed by atoms with E-state index >= 15 is 0 Å². The summed E-state index contributed by atoms with van der Waals surface area (Å²) in [6.45, 7) is 3.05. The van der Waals surface area contributed by atoms with Crippen LogP contribution in [-0.2, 0) is 4.79 Å². The maximum atomic E-state index is 12.1. The normalized spacial score (nSPS) is 23.5. The van der Waals surface area contributed by atoms with Gasteiger partial charge in [-0.15, -0.1) is 11.3 Å². The van der Waals surface area contributed by atoms with Crippen LogP contribution in [0.2, 0.25) is 0 Å². The van der Waals surface area contributed by atoms with Crippen LogP contribution in [0.15, 0.2) is 17.5 Å². The number of hydrogen-bond donors (Lipinski definition) is 0. The predicted octanol–water partition coefficient (Wildman–Crippen LogP) is 3.59. The molecule has 1 aliphatic rings. The molecule has 0 aromatic carbocycles. The maximum absolute atomic E-state index is 12.1. The zero-order valence-corrected chi connectivity index (χ0v) is 11.8. The summed E-state index contributed by atoms with van der Waals surface area (Å²) in [6.07, 6.45) is 3.06. The highest BCUT2D eigenvalue weighted by Gasteiger charge is 2.31. The van der Waals surface area contributed by atoms with Gasteiger partial charge in [0.15, 0.2) is 0 Å². The lowest BCUT2D eigenvalue weighted by molar-refractivity contribution is -0.135. The molecule has 4 heteroatoms. The minimum atomic E-state index is 0.0234. The maximum Gasteiger partial charge on any atom is 0.236 e. The van der Waals surface area contributed by atoms with Crippen LogP contribution in [0.5, 0.6) is 0 Å². The summed E-state index contributed by atoms with van der Waals surface area (Å²) in [5, 5.41) is 2.08. The molecule has 1 aromatic rings. The van der Waals surface area contributed by atoms with Gasteiger partial charge in [0.25, 0.3) is 0 Å². The number of alkyl halides is 1. The van der Waals surface area contributed by atoms with E-state index in [0.717, 1.165) is 25.8 Å². The van der Waals surface area contributed by atoms with Crippen LogP contribution in [0.25, 0.3) is 0 Å². The van der Waals surface area contributed by atoms with Crippen molar-refractivity contribution in [2.24, 2.45) is 0 Å². The Morgan fingerprint density at radius 3 is 3.12 bits per heavy atom. The van der Waals surface area contributed by atoms with E-state index in [2.05, 4.69) is 40.4 Å². The Bertz CT molecular complexity index is 352. The lowest BCUT2D eigenvalue weighted by Gasteiger charge is -2.35. The second-order valence-electron chi connectivity index (χ2n) is 4.08. The Morgan fingerprint density at radius 2 is 2.50 bits per heavy atom. The molecule has 2 atom stereocenters. The number of carbonyl (C=O) groups is 1. The zero-order chi connectivity index (χ0) is 11.5. The minimum Gasteiger partial charge on any atom is -0.334 e. The second-order valence-corrected chi connectivity index (χ2v) is 6.17. The minimum absolute atomic E-state index is 0.0234. The van der Waals surface area contributed by atoms with Crippen LogP contribution in [0.4, 0.5) is 0 Å². The number of thiophene rings is 1. The summed E-state index contributed by atoms with van der Waals surface area (Å²) in [4.78, 5) is 15.5. The van der Waals surface area contributed by atoms with Gasteiger partial charge in [-0.3, -0.25) is 4.79 Å². The molecule has 0 aliphatic carbocycles. The monoisotopic (exact) mass is 301 g/mol. The number of carbonyl (C=O) groups excluding carboxylic acids is 1. The van der Waals surface area contributed by atoms with Gasteiger partial charge in [-0.05, 0) is 30.7 Å². The van der Waals surface area contributed by atoms with Crippen molar-refractivity contribution in [3.05, 3.63) is 22.4 Å². The third kappa shape index (κ3) is 2.33. The molecule has 2 unspecified atom stereocenters. The number of rotatable bonds is 3. The molecule has 1 saturated heterocycles. The molecular formula is C12H16BrNOS. The van der Waals surface area contributed by atoms with Gasteiger partial charge in [-0.25, -0.2) is 0 Å². The molecule has 88 valence electrons. The van der Waals surface area contributed by atoms with E-state index in [0.29, 0.717) is 0 Å². The van der Waals surface area contributed by atoms with Crippen LogP contribution in [0, 0.1) is 0 Å². The Morgan fingerprint density at radius 1 is 1.69 bits per heavy atom. The summed E-state index contributed by atoms with van der Waals surface area (Å²) >= 11 is 5.21. The Kier molecular flexibility index (Phi) is 4.03. The molecule has 2 heterocycles. The first-order valence-electron chi connectivity index (χ1n) is 5.72. The predicted molar refractivity (Wildman–Crippen MR) is 71.0 cm³/mol. The molecule has 0 saturated carbocycles. The quantitative estimate of drug-likeness (QED) is 0.781. The fourth-order valence-corrected chi connectivity index (χ4v) is 3.73.